The van der Waals surface area contributed by atoms with Crippen molar-refractivity contribution in [2.45, 2.75) is 10.9 Å². The summed E-state index contributed by atoms with van der Waals surface area (Å²) in [6.07, 6.45) is 3.79. The number of nitrogens with zero attached hydrogens (tertiary/aromatic N) is 5. The summed E-state index contributed by atoms with van der Waals surface area (Å²) in [5, 5.41) is 13.8. The molecule has 0 radical (unpaired) electrons. The summed E-state index contributed by atoms with van der Waals surface area (Å²) in [5.41, 5.74) is 4.18. The van der Waals surface area contributed by atoms with Gasteiger partial charge in [-0.1, -0.05) is 30.0 Å². The minimum atomic E-state index is 0.751. The Bertz CT molecular complexity index is 1020. The average molecular weight is 377 g/mol. The third-order valence-corrected chi connectivity index (χ3v) is 5.28. The van der Waals surface area contributed by atoms with Crippen LogP contribution in [0.2, 0.25) is 0 Å². The van der Waals surface area contributed by atoms with Gasteiger partial charge in [-0.2, -0.15) is 5.10 Å². The monoisotopic (exact) mass is 377 g/mol. The Kier molecular flexibility index (Phi) is 4.93. The van der Waals surface area contributed by atoms with Gasteiger partial charge in [0.05, 0.1) is 18.5 Å². The fourth-order valence-corrected chi connectivity index (χ4v) is 3.62. The lowest BCUT2D eigenvalue weighted by atomic mass is 10.1. The molecule has 4 aromatic rings. The van der Waals surface area contributed by atoms with Gasteiger partial charge in [0.15, 0.2) is 5.16 Å². The van der Waals surface area contributed by atoms with Crippen LogP contribution >= 0.6 is 11.8 Å². The number of benzene rings is 2. The van der Waals surface area contributed by atoms with Gasteiger partial charge in [0, 0.05) is 30.1 Å². The SMILES string of the molecule is COc1ccc(-c2nn(-c3ccccc3)cc2CSc2nncn2C)cc1. The van der Waals surface area contributed by atoms with Gasteiger partial charge < -0.3 is 9.30 Å². The number of hydrogen-bond donors (Lipinski definition) is 0. The van der Waals surface area contributed by atoms with E-state index in [9.17, 15) is 0 Å². The molecule has 0 bridgehead atoms. The average Bonchev–Trinajstić information content (AvgIpc) is 3.33. The molecule has 136 valence electrons. The van der Waals surface area contributed by atoms with Crippen LogP contribution in [0.1, 0.15) is 5.56 Å². The Hall–Kier alpha value is -3.06. The highest BCUT2D eigenvalue weighted by atomic mass is 32.2. The number of aryl methyl sites for hydroxylation is 1. The van der Waals surface area contributed by atoms with Crippen molar-refractivity contribution in [3.8, 4) is 22.7 Å². The van der Waals surface area contributed by atoms with Crippen molar-refractivity contribution < 1.29 is 4.74 Å². The first kappa shape index (κ1) is 17.4. The maximum absolute atomic E-state index is 5.27. The number of aromatic nitrogens is 5. The Balaban J connectivity index is 1.70. The Labute approximate surface area is 161 Å². The van der Waals surface area contributed by atoms with Crippen molar-refractivity contribution in [2.75, 3.05) is 7.11 Å². The molecule has 6 nitrogen and oxygen atoms in total. The van der Waals surface area contributed by atoms with Gasteiger partial charge in [-0.05, 0) is 36.4 Å². The van der Waals surface area contributed by atoms with E-state index < -0.39 is 0 Å². The zero-order valence-corrected chi connectivity index (χ0v) is 15.9. The van der Waals surface area contributed by atoms with E-state index in [1.807, 2.05) is 70.9 Å². The smallest absolute Gasteiger partial charge is 0.191 e. The molecule has 0 amide bonds. The van der Waals surface area contributed by atoms with E-state index in [1.54, 1.807) is 25.2 Å². The molecule has 27 heavy (non-hydrogen) atoms. The van der Waals surface area contributed by atoms with Crippen molar-refractivity contribution >= 4 is 11.8 Å². The van der Waals surface area contributed by atoms with Gasteiger partial charge in [0.1, 0.15) is 12.1 Å². The molecule has 4 rings (SSSR count). The molecule has 0 fully saturated rings. The minimum absolute atomic E-state index is 0.751. The third-order valence-electron chi connectivity index (χ3n) is 4.20. The molecule has 0 aliphatic heterocycles. The van der Waals surface area contributed by atoms with Crippen LogP contribution in [0, 0.1) is 0 Å². The highest BCUT2D eigenvalue weighted by Gasteiger charge is 2.14. The Morgan fingerprint density at radius 3 is 2.48 bits per heavy atom. The lowest BCUT2D eigenvalue weighted by Gasteiger charge is -2.04. The van der Waals surface area contributed by atoms with Crippen LogP contribution in [0.15, 0.2) is 72.3 Å². The van der Waals surface area contributed by atoms with Crippen LogP contribution in [-0.2, 0) is 12.8 Å². The fraction of sp³-hybridized carbons (Fsp3) is 0.150. The van der Waals surface area contributed by atoms with Crippen LogP contribution in [-0.4, -0.2) is 31.7 Å². The second-order valence-electron chi connectivity index (χ2n) is 6.02. The summed E-state index contributed by atoms with van der Waals surface area (Å²) in [6.45, 7) is 0. The number of para-hydroxylation sites is 1. The standard InChI is InChI=1S/C20H19N5OS/c1-24-14-21-22-20(24)27-13-16-12-25(17-6-4-3-5-7-17)23-19(16)15-8-10-18(26-2)11-9-15/h3-12,14H,13H2,1-2H3. The molecule has 2 aromatic heterocycles. The second kappa shape index (κ2) is 7.67. The first-order valence-electron chi connectivity index (χ1n) is 8.50. The highest BCUT2D eigenvalue weighted by Crippen LogP contribution is 2.30. The molecule has 0 saturated heterocycles. The maximum Gasteiger partial charge on any atom is 0.191 e. The molecule has 2 heterocycles. The summed E-state index contributed by atoms with van der Waals surface area (Å²) in [7, 11) is 3.61. The van der Waals surface area contributed by atoms with Crippen LogP contribution in [0.5, 0.6) is 5.75 Å². The summed E-state index contributed by atoms with van der Waals surface area (Å²) in [6, 6.07) is 18.1. The van der Waals surface area contributed by atoms with Gasteiger partial charge in [-0.25, -0.2) is 4.68 Å². The maximum atomic E-state index is 5.27. The topological polar surface area (TPSA) is 57.8 Å². The predicted octanol–water partition coefficient (Wildman–Crippen LogP) is 3.97. The lowest BCUT2D eigenvalue weighted by molar-refractivity contribution is 0.415. The van der Waals surface area contributed by atoms with Gasteiger partial charge in [-0.3, -0.25) is 0 Å². The predicted molar refractivity (Wildman–Crippen MR) is 106 cm³/mol. The largest absolute Gasteiger partial charge is 0.497 e. The quantitative estimate of drug-likeness (QED) is 0.476. The first-order chi connectivity index (χ1) is 13.2. The van der Waals surface area contributed by atoms with Crippen molar-refractivity contribution in [2.24, 2.45) is 7.05 Å². The number of ether oxygens (including phenoxy) is 1. The Morgan fingerprint density at radius 2 is 1.81 bits per heavy atom. The van der Waals surface area contributed by atoms with E-state index >= 15 is 0 Å². The van der Waals surface area contributed by atoms with E-state index in [0.717, 1.165) is 39.2 Å². The van der Waals surface area contributed by atoms with Gasteiger partial charge in [0.25, 0.3) is 0 Å². The molecular formula is C20H19N5OS. The molecule has 2 aromatic carbocycles. The molecule has 0 aliphatic rings. The number of methoxy groups -OCH3 is 1. The fourth-order valence-electron chi connectivity index (χ4n) is 2.77. The Morgan fingerprint density at radius 1 is 1.04 bits per heavy atom. The first-order valence-corrected chi connectivity index (χ1v) is 9.48. The molecule has 7 heteroatoms. The molecule has 0 unspecified atom stereocenters. The highest BCUT2D eigenvalue weighted by molar-refractivity contribution is 7.98. The summed E-state index contributed by atoms with van der Waals surface area (Å²) < 4.78 is 9.11. The zero-order chi connectivity index (χ0) is 18.6. The van der Waals surface area contributed by atoms with Crippen molar-refractivity contribution in [3.05, 3.63) is 72.7 Å². The molecule has 0 aliphatic carbocycles. The normalized spacial score (nSPS) is 10.9. The van der Waals surface area contributed by atoms with Crippen molar-refractivity contribution in [1.82, 2.24) is 24.5 Å². The van der Waals surface area contributed by atoms with E-state index in [-0.39, 0.29) is 0 Å². The lowest BCUT2D eigenvalue weighted by Crippen LogP contribution is -1.94. The molecular weight excluding hydrogens is 358 g/mol. The van der Waals surface area contributed by atoms with E-state index in [1.165, 1.54) is 0 Å². The number of hydrogen-bond acceptors (Lipinski definition) is 5. The van der Waals surface area contributed by atoms with Crippen LogP contribution < -0.4 is 4.74 Å². The third kappa shape index (κ3) is 3.73. The summed E-state index contributed by atoms with van der Waals surface area (Å²) >= 11 is 1.64. The van der Waals surface area contributed by atoms with E-state index in [0.29, 0.717) is 0 Å². The van der Waals surface area contributed by atoms with Gasteiger partial charge in [-0.15, -0.1) is 10.2 Å². The van der Waals surface area contributed by atoms with Crippen LogP contribution in [0.3, 0.4) is 0 Å². The van der Waals surface area contributed by atoms with Gasteiger partial charge in [0.2, 0.25) is 0 Å². The van der Waals surface area contributed by atoms with E-state index in [4.69, 9.17) is 9.84 Å². The molecule has 0 atom stereocenters. The zero-order valence-electron chi connectivity index (χ0n) is 15.1. The van der Waals surface area contributed by atoms with Crippen molar-refractivity contribution in [1.29, 1.82) is 0 Å². The molecule has 0 saturated carbocycles. The molecule has 0 spiro atoms. The summed E-state index contributed by atoms with van der Waals surface area (Å²) in [4.78, 5) is 0. The summed E-state index contributed by atoms with van der Waals surface area (Å²) in [5.74, 6) is 1.58. The van der Waals surface area contributed by atoms with Crippen LogP contribution in [0.25, 0.3) is 16.9 Å². The van der Waals surface area contributed by atoms with E-state index in [2.05, 4.69) is 16.4 Å². The number of rotatable bonds is 6. The number of thioether (sulfide) groups is 1. The minimum Gasteiger partial charge on any atom is -0.497 e. The second-order valence-corrected chi connectivity index (χ2v) is 6.97. The van der Waals surface area contributed by atoms with Crippen molar-refractivity contribution in [3.63, 3.8) is 0 Å². The van der Waals surface area contributed by atoms with Crippen LogP contribution in [0.4, 0.5) is 0 Å². The molecule has 0 N–H and O–H groups in total. The van der Waals surface area contributed by atoms with Gasteiger partial charge >= 0.3 is 0 Å².